The number of allylic oxidation sites excluding steroid dienone is 1. The van der Waals surface area contributed by atoms with Crippen LogP contribution in [-0.4, -0.2) is 16.6 Å². The number of halogens is 1. The van der Waals surface area contributed by atoms with Gasteiger partial charge in [-0.15, -0.1) is 18.2 Å². The maximum absolute atomic E-state index is 8.59. The molecule has 0 bridgehead atoms. The van der Waals surface area contributed by atoms with Crippen LogP contribution in [0.1, 0.15) is 6.42 Å². The SMILES string of the molecule is C=CC1CC1(Cl)CO. The van der Waals surface area contributed by atoms with Crippen molar-refractivity contribution < 1.29 is 5.11 Å². The fourth-order valence-corrected chi connectivity index (χ4v) is 1.04. The van der Waals surface area contributed by atoms with Gasteiger partial charge >= 0.3 is 0 Å². The second-order valence-electron chi connectivity index (χ2n) is 2.24. The Labute approximate surface area is 54.0 Å². The predicted octanol–water partition coefficient (Wildman–Crippen LogP) is 1.16. The average molecular weight is 133 g/mol. The lowest BCUT2D eigenvalue weighted by Crippen LogP contribution is -2.06. The third-order valence-corrected chi connectivity index (χ3v) is 2.17. The van der Waals surface area contributed by atoms with Gasteiger partial charge in [-0.1, -0.05) is 6.08 Å². The van der Waals surface area contributed by atoms with Gasteiger partial charge in [-0.05, 0) is 12.3 Å². The van der Waals surface area contributed by atoms with Crippen LogP contribution in [0.25, 0.3) is 0 Å². The van der Waals surface area contributed by atoms with Gasteiger partial charge in [0.15, 0.2) is 0 Å². The van der Waals surface area contributed by atoms with Crippen LogP contribution in [0.5, 0.6) is 0 Å². The van der Waals surface area contributed by atoms with Crippen molar-refractivity contribution in [2.24, 2.45) is 5.92 Å². The molecule has 1 saturated carbocycles. The average Bonchev–Trinajstić information content (AvgIpc) is 2.44. The molecule has 0 amide bonds. The van der Waals surface area contributed by atoms with Gasteiger partial charge in [0.2, 0.25) is 0 Å². The van der Waals surface area contributed by atoms with Gasteiger partial charge in [0.25, 0.3) is 0 Å². The zero-order valence-corrected chi connectivity index (χ0v) is 5.36. The number of rotatable bonds is 2. The fraction of sp³-hybridized carbons (Fsp3) is 0.667. The minimum atomic E-state index is -0.332. The lowest BCUT2D eigenvalue weighted by atomic mass is 10.3. The first kappa shape index (κ1) is 6.12. The highest BCUT2D eigenvalue weighted by Gasteiger charge is 2.50. The molecule has 0 spiro atoms. The summed E-state index contributed by atoms with van der Waals surface area (Å²) in [5.41, 5.74) is 0. The molecule has 1 nitrogen and oxygen atoms in total. The molecule has 1 aliphatic rings. The van der Waals surface area contributed by atoms with Gasteiger partial charge in [0, 0.05) is 0 Å². The number of aliphatic hydroxyl groups excluding tert-OH is 1. The van der Waals surface area contributed by atoms with Crippen molar-refractivity contribution in [3.63, 3.8) is 0 Å². The van der Waals surface area contributed by atoms with Gasteiger partial charge in [0.1, 0.15) is 0 Å². The van der Waals surface area contributed by atoms with Gasteiger partial charge in [-0.3, -0.25) is 0 Å². The Morgan fingerprint density at radius 1 is 2.00 bits per heavy atom. The minimum Gasteiger partial charge on any atom is -0.395 e. The summed E-state index contributed by atoms with van der Waals surface area (Å²) in [5.74, 6) is 0.342. The van der Waals surface area contributed by atoms with Gasteiger partial charge in [0.05, 0.1) is 11.5 Å². The first-order chi connectivity index (χ1) is 3.73. The number of alkyl halides is 1. The summed E-state index contributed by atoms with van der Waals surface area (Å²) in [6.45, 7) is 3.65. The molecule has 2 unspecified atom stereocenters. The predicted molar refractivity (Wildman–Crippen MR) is 34.0 cm³/mol. The second-order valence-corrected chi connectivity index (χ2v) is 2.99. The van der Waals surface area contributed by atoms with Crippen LogP contribution in [0.4, 0.5) is 0 Å². The normalized spacial score (nSPS) is 44.0. The van der Waals surface area contributed by atoms with Gasteiger partial charge in [-0.25, -0.2) is 0 Å². The molecule has 2 heteroatoms. The Morgan fingerprint density at radius 3 is 2.75 bits per heavy atom. The third kappa shape index (κ3) is 0.762. The molecule has 1 N–H and O–H groups in total. The molecular formula is C6H9ClO. The molecule has 46 valence electrons. The summed E-state index contributed by atoms with van der Waals surface area (Å²) in [6.07, 6.45) is 2.68. The maximum atomic E-state index is 8.59. The van der Waals surface area contributed by atoms with Crippen LogP contribution < -0.4 is 0 Å². The minimum absolute atomic E-state index is 0.0746. The quantitative estimate of drug-likeness (QED) is 0.442. The summed E-state index contributed by atoms with van der Waals surface area (Å²) in [7, 11) is 0. The Morgan fingerprint density at radius 2 is 2.62 bits per heavy atom. The summed E-state index contributed by atoms with van der Waals surface area (Å²) < 4.78 is 0. The van der Waals surface area contributed by atoms with E-state index >= 15 is 0 Å². The van der Waals surface area contributed by atoms with E-state index in [9.17, 15) is 0 Å². The number of hydrogen-bond donors (Lipinski definition) is 1. The van der Waals surface area contributed by atoms with Crippen LogP contribution >= 0.6 is 11.6 Å². The zero-order chi connectivity index (χ0) is 6.20. The summed E-state index contributed by atoms with van der Waals surface area (Å²) in [5, 5.41) is 8.59. The van der Waals surface area contributed by atoms with Crippen molar-refractivity contribution in [3.05, 3.63) is 12.7 Å². The summed E-state index contributed by atoms with van der Waals surface area (Å²) in [6, 6.07) is 0. The summed E-state index contributed by atoms with van der Waals surface area (Å²) in [4.78, 5) is -0.332. The molecule has 0 saturated heterocycles. The molecule has 0 heterocycles. The smallest absolute Gasteiger partial charge is 0.0745 e. The Balaban J connectivity index is 2.42. The maximum Gasteiger partial charge on any atom is 0.0745 e. The van der Waals surface area contributed by atoms with Crippen LogP contribution in [0.3, 0.4) is 0 Å². The topological polar surface area (TPSA) is 20.2 Å². The molecule has 1 aliphatic carbocycles. The van der Waals surface area contributed by atoms with E-state index < -0.39 is 0 Å². The second kappa shape index (κ2) is 1.74. The molecule has 0 aromatic carbocycles. The molecule has 1 fully saturated rings. The van der Waals surface area contributed by atoms with Gasteiger partial charge in [-0.2, -0.15) is 0 Å². The summed E-state index contributed by atoms with van der Waals surface area (Å²) >= 11 is 5.77. The lowest BCUT2D eigenvalue weighted by molar-refractivity contribution is 0.282. The van der Waals surface area contributed by atoms with Crippen molar-refractivity contribution in [1.29, 1.82) is 0 Å². The molecule has 0 aromatic heterocycles. The monoisotopic (exact) mass is 132 g/mol. The van der Waals surface area contributed by atoms with E-state index in [-0.39, 0.29) is 11.5 Å². The third-order valence-electron chi connectivity index (χ3n) is 1.61. The van der Waals surface area contributed by atoms with Crippen molar-refractivity contribution in [3.8, 4) is 0 Å². The highest BCUT2D eigenvalue weighted by molar-refractivity contribution is 6.26. The van der Waals surface area contributed by atoms with Crippen molar-refractivity contribution in [2.75, 3.05) is 6.61 Å². The van der Waals surface area contributed by atoms with E-state index in [1.54, 1.807) is 6.08 Å². The highest BCUT2D eigenvalue weighted by atomic mass is 35.5. The molecule has 1 rings (SSSR count). The van der Waals surface area contributed by atoms with E-state index in [1.807, 2.05) is 0 Å². The van der Waals surface area contributed by atoms with E-state index in [2.05, 4.69) is 6.58 Å². The zero-order valence-electron chi connectivity index (χ0n) is 4.60. The highest BCUT2D eigenvalue weighted by Crippen LogP contribution is 2.49. The largest absolute Gasteiger partial charge is 0.395 e. The standard InChI is InChI=1S/C6H9ClO/c1-2-5-3-6(5,7)4-8/h2,5,8H,1,3-4H2. The number of aliphatic hydroxyl groups is 1. The van der Waals surface area contributed by atoms with Gasteiger partial charge < -0.3 is 5.11 Å². The molecule has 0 aromatic rings. The first-order valence-electron chi connectivity index (χ1n) is 2.65. The van der Waals surface area contributed by atoms with Crippen LogP contribution in [0, 0.1) is 5.92 Å². The molecular weight excluding hydrogens is 124 g/mol. The fourth-order valence-electron chi connectivity index (χ4n) is 0.783. The van der Waals surface area contributed by atoms with Crippen LogP contribution in [-0.2, 0) is 0 Å². The van der Waals surface area contributed by atoms with Crippen LogP contribution in [0.15, 0.2) is 12.7 Å². The van der Waals surface area contributed by atoms with E-state index in [0.29, 0.717) is 5.92 Å². The number of hydrogen-bond acceptors (Lipinski definition) is 1. The van der Waals surface area contributed by atoms with Crippen molar-refractivity contribution in [2.45, 2.75) is 11.3 Å². The van der Waals surface area contributed by atoms with Crippen molar-refractivity contribution >= 4 is 11.6 Å². The van der Waals surface area contributed by atoms with E-state index in [1.165, 1.54) is 0 Å². The van der Waals surface area contributed by atoms with E-state index in [4.69, 9.17) is 16.7 Å². The van der Waals surface area contributed by atoms with Crippen molar-refractivity contribution in [1.82, 2.24) is 0 Å². The molecule has 0 aliphatic heterocycles. The Hall–Kier alpha value is -0.0100. The Bertz CT molecular complexity index is 113. The van der Waals surface area contributed by atoms with Crippen LogP contribution in [0.2, 0.25) is 0 Å². The molecule has 2 atom stereocenters. The molecule has 8 heavy (non-hydrogen) atoms. The Kier molecular flexibility index (Phi) is 1.33. The lowest BCUT2D eigenvalue weighted by Gasteiger charge is -1.97. The molecule has 0 radical (unpaired) electrons. The van der Waals surface area contributed by atoms with E-state index in [0.717, 1.165) is 6.42 Å². The first-order valence-corrected chi connectivity index (χ1v) is 3.03.